The maximum absolute atomic E-state index is 11.2. The maximum Gasteiger partial charge on any atom is 0.187 e. The van der Waals surface area contributed by atoms with Gasteiger partial charge >= 0.3 is 0 Å². The topological polar surface area (TPSA) is 490 Å². The van der Waals surface area contributed by atoms with Gasteiger partial charge in [0.2, 0.25) is 0 Å². The molecule has 0 aromatic rings. The van der Waals surface area contributed by atoms with Crippen LogP contribution < -0.4 is 5.32 Å². The number of hydrogen-bond donors (Lipinski definition) is 21. The van der Waals surface area contributed by atoms with E-state index in [9.17, 15) is 81.7 Å². The standard InChI is InChI=1S/C35H61NO25.C4H10O3/c1-9(13(42)5-38)54-32-27(52)23(48)31(15(7-40)57-32)61-35-28(53)24(49)30(16(8-41)58-35)60-33-25(50)20(45)17(10(2)55-33)36-12-3-11(4-37)29(22(47)18(12)43)59-34-26(51)21(46)19(44)14(6-39)56-34;1-3(6)4(7)2-5/h3,9-10,12-53H,4-8H2,1-2H3;3-7H,2H2,1H3. The molecular formula is C39H71NO28. The van der Waals surface area contributed by atoms with E-state index in [0.717, 1.165) is 0 Å². The van der Waals surface area contributed by atoms with Crippen LogP contribution in [-0.2, 0) is 37.9 Å². The maximum atomic E-state index is 11.2. The molecule has 4 heterocycles. The summed E-state index contributed by atoms with van der Waals surface area (Å²) in [5.74, 6) is 0. The molecule has 4 saturated heterocycles. The first-order valence-corrected chi connectivity index (χ1v) is 21.9. The molecule has 1 aliphatic carbocycles. The van der Waals surface area contributed by atoms with Crippen LogP contribution in [0.2, 0.25) is 0 Å². The van der Waals surface area contributed by atoms with Gasteiger partial charge in [0, 0.05) is 0 Å². The summed E-state index contributed by atoms with van der Waals surface area (Å²) in [6.45, 7) is -0.169. The van der Waals surface area contributed by atoms with Crippen molar-refractivity contribution < 1.29 is 140 Å². The fourth-order valence-corrected chi connectivity index (χ4v) is 7.99. The van der Waals surface area contributed by atoms with Crippen LogP contribution in [0.1, 0.15) is 20.8 Å². The highest BCUT2D eigenvalue weighted by Crippen LogP contribution is 2.34. The Kier molecular flexibility index (Phi) is 23.1. The minimum Gasteiger partial charge on any atom is -0.394 e. The van der Waals surface area contributed by atoms with Gasteiger partial charge in [-0.3, -0.25) is 0 Å². The monoisotopic (exact) mass is 1000 g/mol. The zero-order chi connectivity index (χ0) is 51.1. The Bertz CT molecular complexity index is 1500. The number of ether oxygens (including phenoxy) is 8. The van der Waals surface area contributed by atoms with Crippen LogP contribution in [0, 0.1) is 0 Å². The van der Waals surface area contributed by atoms with Crippen molar-refractivity contribution in [3.63, 3.8) is 0 Å². The summed E-state index contributed by atoms with van der Waals surface area (Å²) in [6.07, 6.45) is -40.8. The van der Waals surface area contributed by atoms with Gasteiger partial charge in [0.1, 0.15) is 116 Å². The van der Waals surface area contributed by atoms with Crippen molar-refractivity contribution in [2.45, 2.75) is 192 Å². The third-order valence-electron chi connectivity index (χ3n) is 12.4. The molecule has 28 unspecified atom stereocenters. The van der Waals surface area contributed by atoms with Crippen LogP contribution in [0.25, 0.3) is 0 Å². The lowest BCUT2D eigenvalue weighted by Crippen LogP contribution is -2.68. The van der Waals surface area contributed by atoms with Crippen molar-refractivity contribution in [2.75, 3.05) is 39.6 Å². The summed E-state index contributed by atoms with van der Waals surface area (Å²) in [7, 11) is 0. The Morgan fingerprint density at radius 2 is 0.971 bits per heavy atom. The van der Waals surface area contributed by atoms with Gasteiger partial charge in [-0.25, -0.2) is 0 Å². The van der Waals surface area contributed by atoms with Crippen molar-refractivity contribution >= 4 is 0 Å². The van der Waals surface area contributed by atoms with Crippen molar-refractivity contribution in [1.82, 2.24) is 5.32 Å². The van der Waals surface area contributed by atoms with E-state index in [2.05, 4.69) is 5.32 Å². The molecule has 5 rings (SSSR count). The molecule has 29 heteroatoms. The molecule has 5 aliphatic rings. The minimum absolute atomic E-state index is 0.0635. The summed E-state index contributed by atoms with van der Waals surface area (Å²) >= 11 is 0. The lowest BCUT2D eigenvalue weighted by Gasteiger charge is -2.49. The molecule has 4 aliphatic heterocycles. The Morgan fingerprint density at radius 1 is 0.515 bits per heavy atom. The molecule has 400 valence electrons. The molecule has 68 heavy (non-hydrogen) atoms. The lowest BCUT2D eigenvalue weighted by atomic mass is 9.86. The Labute approximate surface area is 388 Å². The van der Waals surface area contributed by atoms with Crippen LogP contribution in [0.5, 0.6) is 0 Å². The molecule has 0 amide bonds. The molecule has 21 N–H and O–H groups in total. The van der Waals surface area contributed by atoms with E-state index < -0.39 is 205 Å². The summed E-state index contributed by atoms with van der Waals surface area (Å²) in [5, 5.41) is 205. The number of rotatable bonds is 18. The first kappa shape index (κ1) is 59.1. The predicted molar refractivity (Wildman–Crippen MR) is 217 cm³/mol. The number of aliphatic hydroxyl groups is 20. The second kappa shape index (κ2) is 26.5. The molecule has 0 spiro atoms. The molecule has 28 atom stereocenters. The SMILES string of the molecule is CC(O)C(O)CO.CC(OC1OC(CO)C(OC2OC(CO)C(OC3OC(C)C(NC4C=C(CO)C(OC5OC(CO)C(O)C(O)C5O)C(O)C4O)C(O)C3O)C(O)C2O)C(O)C1O)C(O)CO. The quantitative estimate of drug-likeness (QED) is 0.0567. The van der Waals surface area contributed by atoms with Gasteiger partial charge in [0.25, 0.3) is 0 Å². The van der Waals surface area contributed by atoms with Gasteiger partial charge in [0.15, 0.2) is 25.2 Å². The zero-order valence-electron chi connectivity index (χ0n) is 37.2. The van der Waals surface area contributed by atoms with E-state index in [0.29, 0.717) is 0 Å². The fraction of sp³-hybridized carbons (Fsp3) is 0.949. The second-order valence-electron chi connectivity index (χ2n) is 17.2. The van der Waals surface area contributed by atoms with E-state index in [1.165, 1.54) is 26.8 Å². The highest BCUT2D eigenvalue weighted by atomic mass is 16.8. The molecule has 0 saturated carbocycles. The summed E-state index contributed by atoms with van der Waals surface area (Å²) in [4.78, 5) is 0. The summed E-state index contributed by atoms with van der Waals surface area (Å²) in [6, 6.07) is -2.50. The van der Waals surface area contributed by atoms with Crippen LogP contribution in [-0.4, -0.2) is 313 Å². The van der Waals surface area contributed by atoms with Crippen LogP contribution in [0.4, 0.5) is 0 Å². The smallest absolute Gasteiger partial charge is 0.187 e. The van der Waals surface area contributed by atoms with Gasteiger partial charge in [0.05, 0.1) is 70.0 Å². The molecule has 29 nitrogen and oxygen atoms in total. The van der Waals surface area contributed by atoms with Gasteiger partial charge in [-0.15, -0.1) is 0 Å². The Hall–Kier alpha value is -1.42. The number of hydrogen-bond acceptors (Lipinski definition) is 29. The fourth-order valence-electron chi connectivity index (χ4n) is 7.99. The van der Waals surface area contributed by atoms with Gasteiger partial charge in [-0.05, 0) is 26.3 Å². The average Bonchev–Trinajstić information content (AvgIpc) is 3.32. The predicted octanol–water partition coefficient (Wildman–Crippen LogP) is -12.3. The molecule has 0 radical (unpaired) electrons. The van der Waals surface area contributed by atoms with Gasteiger partial charge in [-0.1, -0.05) is 6.08 Å². The number of nitrogens with one attached hydrogen (secondary N) is 1. The van der Waals surface area contributed by atoms with Crippen molar-refractivity contribution in [2.24, 2.45) is 0 Å². The lowest BCUT2D eigenvalue weighted by molar-refractivity contribution is -0.378. The Morgan fingerprint density at radius 3 is 1.46 bits per heavy atom. The van der Waals surface area contributed by atoms with E-state index in [1.54, 1.807) is 0 Å². The average molecular weight is 1000 g/mol. The van der Waals surface area contributed by atoms with E-state index in [1.807, 2.05) is 0 Å². The van der Waals surface area contributed by atoms with Crippen LogP contribution in [0.15, 0.2) is 11.6 Å². The van der Waals surface area contributed by atoms with Gasteiger partial charge < -0.3 is 145 Å². The van der Waals surface area contributed by atoms with Crippen LogP contribution >= 0.6 is 0 Å². The first-order valence-electron chi connectivity index (χ1n) is 21.9. The highest BCUT2D eigenvalue weighted by Gasteiger charge is 2.55. The van der Waals surface area contributed by atoms with E-state index >= 15 is 0 Å². The second-order valence-corrected chi connectivity index (χ2v) is 17.2. The molecule has 0 aromatic heterocycles. The van der Waals surface area contributed by atoms with Crippen LogP contribution in [0.3, 0.4) is 0 Å². The molecular weight excluding hydrogens is 930 g/mol. The largest absolute Gasteiger partial charge is 0.394 e. The summed E-state index contributed by atoms with van der Waals surface area (Å²) < 4.78 is 44.7. The van der Waals surface area contributed by atoms with Crippen molar-refractivity contribution in [3.05, 3.63) is 11.6 Å². The minimum atomic E-state index is -2.03. The first-order chi connectivity index (χ1) is 32.0. The molecule has 0 bridgehead atoms. The zero-order valence-corrected chi connectivity index (χ0v) is 37.2. The Balaban J connectivity index is 0.00000133. The van der Waals surface area contributed by atoms with Crippen molar-refractivity contribution in [3.8, 4) is 0 Å². The highest BCUT2D eigenvalue weighted by molar-refractivity contribution is 5.23. The van der Waals surface area contributed by atoms with E-state index in [4.69, 9.17) is 58.3 Å². The van der Waals surface area contributed by atoms with Gasteiger partial charge in [-0.2, -0.15) is 0 Å². The normalized spacial score (nSPS) is 46.4. The summed E-state index contributed by atoms with van der Waals surface area (Å²) in [5.41, 5.74) is -0.0635. The van der Waals surface area contributed by atoms with E-state index in [-0.39, 0.29) is 12.2 Å². The third-order valence-corrected chi connectivity index (χ3v) is 12.4. The molecule has 4 fully saturated rings. The third kappa shape index (κ3) is 13.6. The number of aliphatic hydroxyl groups excluding tert-OH is 20. The molecule has 0 aromatic carbocycles. The van der Waals surface area contributed by atoms with Crippen molar-refractivity contribution in [1.29, 1.82) is 0 Å².